The molecule has 3 aromatic heterocycles. The second-order valence-electron chi connectivity index (χ2n) is 18.2. The molecule has 7 aromatic carbocycles. The van der Waals surface area contributed by atoms with E-state index in [1.165, 1.54) is 21.9 Å². The van der Waals surface area contributed by atoms with Gasteiger partial charge in [0.1, 0.15) is 17.3 Å². The van der Waals surface area contributed by atoms with Crippen LogP contribution in [0.5, 0.6) is 11.5 Å². The zero-order chi connectivity index (χ0) is 43.4. The zero-order valence-corrected chi connectivity index (χ0v) is 37.1. The Labute approximate surface area is 370 Å². The van der Waals surface area contributed by atoms with Gasteiger partial charge in [0, 0.05) is 23.0 Å². The lowest BCUT2D eigenvalue weighted by Gasteiger charge is -2.19. The number of fused-ring (bicyclic) bond motifs is 4. The first-order chi connectivity index (χ1) is 30.5. The third-order valence-corrected chi connectivity index (χ3v) is 12.7. The number of nitrogens with zero attached hydrogens (tertiary/aromatic N) is 4. The van der Waals surface area contributed by atoms with Crippen molar-refractivity contribution < 1.29 is 9.30 Å². The SMILES string of the molecule is Cc1cccc2c1[n+](-c1c(-c3ccccc3)cccc1-c1ccccc1)[c-]n2-c1cccc(Oc2ccc3c4cc(C(C)(C)C)ccc4n(-c4cc(C(C)C(C)C)ccn4)c3c2)c1. The monoisotopic (exact) mass is 820 g/mol. The summed E-state index contributed by atoms with van der Waals surface area (Å²) < 4.78 is 13.5. The summed E-state index contributed by atoms with van der Waals surface area (Å²) in [5, 5.41) is 2.37. The zero-order valence-electron chi connectivity index (χ0n) is 37.1. The molecule has 10 rings (SSSR count). The van der Waals surface area contributed by atoms with E-state index in [0.717, 1.165) is 78.6 Å². The Morgan fingerprint density at radius 1 is 0.603 bits per heavy atom. The average Bonchev–Trinajstić information content (AvgIpc) is 3.85. The van der Waals surface area contributed by atoms with Crippen LogP contribution < -0.4 is 9.30 Å². The quantitative estimate of drug-likeness (QED) is 0.107. The normalized spacial score (nSPS) is 12.4. The smallest absolute Gasteiger partial charge is 0.269 e. The summed E-state index contributed by atoms with van der Waals surface area (Å²) >= 11 is 0. The highest BCUT2D eigenvalue weighted by molar-refractivity contribution is 6.09. The van der Waals surface area contributed by atoms with Crippen molar-refractivity contribution >= 4 is 32.8 Å². The summed E-state index contributed by atoms with van der Waals surface area (Å²) in [6, 6.07) is 60.4. The highest BCUT2D eigenvalue weighted by Crippen LogP contribution is 2.39. The van der Waals surface area contributed by atoms with Crippen LogP contribution in [0.2, 0.25) is 0 Å². The molecule has 0 aliphatic heterocycles. The van der Waals surface area contributed by atoms with Crippen molar-refractivity contribution in [1.82, 2.24) is 14.1 Å². The van der Waals surface area contributed by atoms with Crippen molar-refractivity contribution in [3.63, 3.8) is 0 Å². The van der Waals surface area contributed by atoms with Crippen molar-refractivity contribution in [2.45, 2.75) is 59.8 Å². The lowest BCUT2D eigenvalue weighted by atomic mass is 9.86. The van der Waals surface area contributed by atoms with E-state index in [2.05, 4.69) is 232 Å². The molecule has 0 spiro atoms. The third-order valence-electron chi connectivity index (χ3n) is 12.7. The second kappa shape index (κ2) is 15.9. The summed E-state index contributed by atoms with van der Waals surface area (Å²) in [7, 11) is 0. The topological polar surface area (TPSA) is 35.9 Å². The number of hydrogen-bond donors (Lipinski definition) is 0. The molecule has 1 atom stereocenters. The van der Waals surface area contributed by atoms with Crippen LogP contribution in [0.3, 0.4) is 0 Å². The molecule has 0 saturated heterocycles. The molecule has 1 unspecified atom stereocenters. The molecule has 5 nitrogen and oxygen atoms in total. The van der Waals surface area contributed by atoms with Crippen molar-refractivity contribution in [2.75, 3.05) is 0 Å². The number of hydrogen-bond acceptors (Lipinski definition) is 2. The van der Waals surface area contributed by atoms with Crippen molar-refractivity contribution in [3.05, 3.63) is 199 Å². The van der Waals surface area contributed by atoms with Crippen molar-refractivity contribution in [1.29, 1.82) is 0 Å². The van der Waals surface area contributed by atoms with Crippen LogP contribution in [0.4, 0.5) is 0 Å². The summed E-state index contributed by atoms with van der Waals surface area (Å²) in [4.78, 5) is 4.97. The van der Waals surface area contributed by atoms with Gasteiger partial charge in [-0.3, -0.25) is 13.7 Å². The fraction of sp³-hybridized carbons (Fsp3) is 0.172. The molecule has 0 saturated carbocycles. The summed E-state index contributed by atoms with van der Waals surface area (Å²) in [6.07, 6.45) is 5.79. The van der Waals surface area contributed by atoms with Crippen molar-refractivity contribution in [2.24, 2.45) is 5.92 Å². The molecule has 310 valence electrons. The standard InChI is InChI=1S/C58H52N4O/c1-38(2)40(4)43-31-32-59-55(33-43)62-52-30-27-44(58(5,6)7)34-51(52)50-29-28-47(36-54(50)62)63-46-23-15-22-45(35-46)60-37-61(56-39(3)17-14-26-53(56)60)57-48(41-18-10-8-11-19-41)24-16-25-49(57)42-20-12-9-13-21-42/h8-36,38,40H,1-7H3. The number of aromatic nitrogens is 4. The van der Waals surface area contributed by atoms with Crippen LogP contribution in [0.25, 0.3) is 72.3 Å². The van der Waals surface area contributed by atoms with E-state index in [9.17, 15) is 0 Å². The second-order valence-corrected chi connectivity index (χ2v) is 18.2. The first-order valence-corrected chi connectivity index (χ1v) is 22.1. The van der Waals surface area contributed by atoms with E-state index < -0.39 is 0 Å². The van der Waals surface area contributed by atoms with Crippen LogP contribution in [-0.2, 0) is 5.41 Å². The maximum Gasteiger partial charge on any atom is 0.269 e. The van der Waals surface area contributed by atoms with E-state index in [1.54, 1.807) is 0 Å². The molecule has 63 heavy (non-hydrogen) atoms. The third kappa shape index (κ3) is 7.27. The van der Waals surface area contributed by atoms with Crippen LogP contribution in [0.1, 0.15) is 64.2 Å². The fourth-order valence-corrected chi connectivity index (χ4v) is 8.99. The number of rotatable bonds is 9. The Morgan fingerprint density at radius 2 is 1.29 bits per heavy atom. The first kappa shape index (κ1) is 39.9. The predicted octanol–water partition coefficient (Wildman–Crippen LogP) is 14.7. The van der Waals surface area contributed by atoms with Crippen LogP contribution in [0, 0.1) is 19.2 Å². The van der Waals surface area contributed by atoms with Crippen LogP contribution in [0.15, 0.2) is 176 Å². The largest absolute Gasteiger partial charge is 0.458 e. The molecule has 0 radical (unpaired) electrons. The first-order valence-electron chi connectivity index (χ1n) is 22.1. The summed E-state index contributed by atoms with van der Waals surface area (Å²) in [5.41, 5.74) is 14.7. The van der Waals surface area contributed by atoms with Gasteiger partial charge in [0.05, 0.1) is 33.4 Å². The molecule has 5 heteroatoms. The Balaban J connectivity index is 1.10. The predicted molar refractivity (Wildman–Crippen MR) is 260 cm³/mol. The van der Waals surface area contributed by atoms with Gasteiger partial charge in [-0.25, -0.2) is 4.98 Å². The lowest BCUT2D eigenvalue weighted by Crippen LogP contribution is -2.32. The molecule has 0 amide bonds. The van der Waals surface area contributed by atoms with Crippen LogP contribution in [-0.4, -0.2) is 14.1 Å². The number of imidazole rings is 1. The molecular formula is C58H52N4O. The van der Waals surface area contributed by atoms with Crippen LogP contribution >= 0.6 is 0 Å². The van der Waals surface area contributed by atoms with Gasteiger partial charge >= 0.3 is 0 Å². The molecule has 0 N–H and O–H groups in total. The maximum absolute atomic E-state index is 6.82. The fourth-order valence-electron chi connectivity index (χ4n) is 8.99. The number of pyridine rings is 1. The van der Waals surface area contributed by atoms with E-state index in [1.807, 2.05) is 12.3 Å². The lowest BCUT2D eigenvalue weighted by molar-refractivity contribution is -0.571. The van der Waals surface area contributed by atoms with E-state index >= 15 is 0 Å². The van der Waals surface area contributed by atoms with Gasteiger partial charge in [-0.2, -0.15) is 0 Å². The minimum atomic E-state index is 0.0114. The average molecular weight is 821 g/mol. The minimum absolute atomic E-state index is 0.0114. The van der Waals surface area contributed by atoms with Gasteiger partial charge in [0.15, 0.2) is 0 Å². The minimum Gasteiger partial charge on any atom is -0.458 e. The Bertz CT molecular complexity index is 3240. The van der Waals surface area contributed by atoms with E-state index in [-0.39, 0.29) is 5.41 Å². The molecule has 3 heterocycles. The van der Waals surface area contributed by atoms with Gasteiger partial charge in [-0.05, 0) is 118 Å². The Hall–Kier alpha value is -7.24. The van der Waals surface area contributed by atoms with E-state index in [4.69, 9.17) is 9.72 Å². The van der Waals surface area contributed by atoms with E-state index in [0.29, 0.717) is 11.8 Å². The molecule has 0 aliphatic carbocycles. The van der Waals surface area contributed by atoms with Gasteiger partial charge in [0.25, 0.3) is 6.33 Å². The summed E-state index contributed by atoms with van der Waals surface area (Å²) in [5.74, 6) is 3.31. The Morgan fingerprint density at radius 3 is 1.98 bits per heavy atom. The number of ether oxygens (including phenoxy) is 1. The number of benzene rings is 7. The van der Waals surface area contributed by atoms with Gasteiger partial charge in [-0.1, -0.05) is 151 Å². The van der Waals surface area contributed by atoms with Gasteiger partial charge in [-0.15, -0.1) is 0 Å². The van der Waals surface area contributed by atoms with Gasteiger partial charge < -0.3 is 4.74 Å². The molecule has 0 fully saturated rings. The van der Waals surface area contributed by atoms with Crippen molar-refractivity contribution in [3.8, 4) is 50.9 Å². The highest BCUT2D eigenvalue weighted by Gasteiger charge is 2.23. The number of para-hydroxylation sites is 2. The maximum atomic E-state index is 6.82. The molecule has 0 aliphatic rings. The number of aryl methyl sites for hydroxylation is 1. The molecule has 10 aromatic rings. The van der Waals surface area contributed by atoms with Gasteiger partial charge in [0.2, 0.25) is 0 Å². The molecular weight excluding hydrogens is 769 g/mol. The molecule has 0 bridgehead atoms. The highest BCUT2D eigenvalue weighted by atomic mass is 16.5. The Kier molecular flexibility index (Phi) is 10.1. The summed E-state index contributed by atoms with van der Waals surface area (Å²) in [6.45, 7) is 15.8.